The summed E-state index contributed by atoms with van der Waals surface area (Å²) < 4.78 is 0. The van der Waals surface area contributed by atoms with Gasteiger partial charge in [0, 0.05) is 56.2 Å². The Hall–Kier alpha value is -2.43. The topological polar surface area (TPSA) is 40.6 Å². The van der Waals surface area contributed by atoms with E-state index in [1.165, 1.54) is 5.56 Å². The van der Waals surface area contributed by atoms with Gasteiger partial charge >= 0.3 is 0 Å². The molecule has 0 saturated carbocycles. The molecular formula is C23H25ClN2O2. The Morgan fingerprint density at radius 1 is 0.929 bits per heavy atom. The summed E-state index contributed by atoms with van der Waals surface area (Å²) >= 11 is 5.92. The van der Waals surface area contributed by atoms with E-state index < -0.39 is 0 Å². The number of carbonyl (C=O) groups excluding carboxylic acids is 2. The maximum atomic E-state index is 12.4. The molecule has 3 rings (SSSR count). The van der Waals surface area contributed by atoms with Crippen molar-refractivity contribution in [2.24, 2.45) is 0 Å². The number of halogens is 1. The molecule has 2 aromatic rings. The summed E-state index contributed by atoms with van der Waals surface area (Å²) in [4.78, 5) is 28.8. The number of Topliss-reactive ketones (excluding diaryl/α,β-unsaturated/α-hetero) is 1. The molecule has 1 amide bonds. The summed E-state index contributed by atoms with van der Waals surface area (Å²) in [6, 6.07) is 17.1. The van der Waals surface area contributed by atoms with E-state index in [4.69, 9.17) is 11.6 Å². The van der Waals surface area contributed by atoms with Gasteiger partial charge in [0.25, 0.3) is 0 Å². The SMILES string of the molecule is O=C(CCC(=O)N1CCN(C/C=C/c2ccccc2)CC1)c1cccc(Cl)c1. The van der Waals surface area contributed by atoms with Crippen LogP contribution in [0.25, 0.3) is 6.08 Å². The van der Waals surface area contributed by atoms with Crippen LogP contribution in [-0.2, 0) is 4.79 Å². The number of amides is 1. The molecule has 0 bridgehead atoms. The van der Waals surface area contributed by atoms with Crippen molar-refractivity contribution in [1.29, 1.82) is 0 Å². The Bertz CT molecular complexity index is 828. The van der Waals surface area contributed by atoms with Gasteiger partial charge in [-0.15, -0.1) is 0 Å². The maximum Gasteiger partial charge on any atom is 0.223 e. The smallest absolute Gasteiger partial charge is 0.223 e. The van der Waals surface area contributed by atoms with Gasteiger partial charge < -0.3 is 4.90 Å². The van der Waals surface area contributed by atoms with Gasteiger partial charge in [-0.2, -0.15) is 0 Å². The number of hydrogen-bond donors (Lipinski definition) is 0. The second kappa shape index (κ2) is 10.2. The second-order valence-electron chi connectivity index (χ2n) is 6.93. The molecule has 1 heterocycles. The highest BCUT2D eigenvalue weighted by atomic mass is 35.5. The van der Waals surface area contributed by atoms with Gasteiger partial charge in [-0.1, -0.05) is 66.2 Å². The fourth-order valence-electron chi connectivity index (χ4n) is 3.27. The van der Waals surface area contributed by atoms with Crippen molar-refractivity contribution in [2.75, 3.05) is 32.7 Å². The highest BCUT2D eigenvalue weighted by Crippen LogP contribution is 2.14. The third-order valence-corrected chi connectivity index (χ3v) is 5.15. The monoisotopic (exact) mass is 396 g/mol. The Morgan fingerprint density at radius 2 is 1.68 bits per heavy atom. The number of piperazine rings is 1. The predicted molar refractivity (Wildman–Crippen MR) is 114 cm³/mol. The molecule has 2 aromatic carbocycles. The lowest BCUT2D eigenvalue weighted by Gasteiger charge is -2.34. The molecule has 0 N–H and O–H groups in total. The second-order valence-corrected chi connectivity index (χ2v) is 7.36. The molecular weight excluding hydrogens is 372 g/mol. The van der Waals surface area contributed by atoms with E-state index in [2.05, 4.69) is 29.2 Å². The van der Waals surface area contributed by atoms with Crippen LogP contribution in [0.15, 0.2) is 60.7 Å². The van der Waals surface area contributed by atoms with Crippen molar-refractivity contribution in [3.63, 3.8) is 0 Å². The first-order chi connectivity index (χ1) is 13.6. The standard InChI is InChI=1S/C23H25ClN2O2/c24-21-10-4-9-20(18-21)22(27)11-12-23(28)26-16-14-25(15-17-26)13-5-8-19-6-2-1-3-7-19/h1-10,18H,11-17H2/b8-5+. The molecule has 5 heteroatoms. The van der Waals surface area contributed by atoms with Crippen molar-refractivity contribution >= 4 is 29.4 Å². The fraction of sp³-hybridized carbons (Fsp3) is 0.304. The molecule has 0 atom stereocenters. The van der Waals surface area contributed by atoms with Crippen molar-refractivity contribution < 1.29 is 9.59 Å². The van der Waals surface area contributed by atoms with Gasteiger partial charge in [-0.05, 0) is 17.7 Å². The predicted octanol–water partition coefficient (Wildman–Crippen LogP) is 4.16. The molecule has 0 aromatic heterocycles. The van der Waals surface area contributed by atoms with Gasteiger partial charge in [0.15, 0.2) is 5.78 Å². The highest BCUT2D eigenvalue weighted by molar-refractivity contribution is 6.31. The average Bonchev–Trinajstić information content (AvgIpc) is 2.73. The molecule has 0 spiro atoms. The van der Waals surface area contributed by atoms with E-state index in [0.717, 1.165) is 19.6 Å². The molecule has 1 fully saturated rings. The first kappa shape index (κ1) is 20.3. The molecule has 0 aliphatic carbocycles. The van der Waals surface area contributed by atoms with Crippen molar-refractivity contribution in [3.05, 3.63) is 76.8 Å². The summed E-state index contributed by atoms with van der Waals surface area (Å²) in [7, 11) is 0. The summed E-state index contributed by atoms with van der Waals surface area (Å²) in [6.45, 7) is 4.01. The summed E-state index contributed by atoms with van der Waals surface area (Å²) in [5.74, 6) is 0.00962. The Labute approximate surface area is 171 Å². The van der Waals surface area contributed by atoms with E-state index >= 15 is 0 Å². The third-order valence-electron chi connectivity index (χ3n) is 4.91. The van der Waals surface area contributed by atoms with E-state index in [9.17, 15) is 9.59 Å². The molecule has 0 radical (unpaired) electrons. The van der Waals surface area contributed by atoms with Crippen molar-refractivity contribution in [2.45, 2.75) is 12.8 Å². The van der Waals surface area contributed by atoms with Gasteiger partial charge in [0.1, 0.15) is 0 Å². The van der Waals surface area contributed by atoms with Crippen LogP contribution in [0.3, 0.4) is 0 Å². The zero-order valence-electron chi connectivity index (χ0n) is 15.9. The first-order valence-corrected chi connectivity index (χ1v) is 10.00. The first-order valence-electron chi connectivity index (χ1n) is 9.62. The van der Waals surface area contributed by atoms with Crippen LogP contribution in [0, 0.1) is 0 Å². The molecule has 28 heavy (non-hydrogen) atoms. The van der Waals surface area contributed by atoms with E-state index in [-0.39, 0.29) is 24.5 Å². The largest absolute Gasteiger partial charge is 0.340 e. The van der Waals surface area contributed by atoms with Crippen LogP contribution >= 0.6 is 11.6 Å². The normalized spacial score (nSPS) is 15.1. The highest BCUT2D eigenvalue weighted by Gasteiger charge is 2.21. The lowest BCUT2D eigenvalue weighted by Crippen LogP contribution is -2.48. The lowest BCUT2D eigenvalue weighted by molar-refractivity contribution is -0.132. The summed E-state index contributed by atoms with van der Waals surface area (Å²) in [5.41, 5.74) is 1.76. The van der Waals surface area contributed by atoms with Crippen molar-refractivity contribution in [1.82, 2.24) is 9.80 Å². The Kier molecular flexibility index (Phi) is 7.40. The van der Waals surface area contributed by atoms with Gasteiger partial charge in [0.2, 0.25) is 5.91 Å². The van der Waals surface area contributed by atoms with Crippen LogP contribution in [0.1, 0.15) is 28.8 Å². The fourth-order valence-corrected chi connectivity index (χ4v) is 3.46. The van der Waals surface area contributed by atoms with E-state index in [1.807, 2.05) is 23.1 Å². The third kappa shape index (κ3) is 6.04. The van der Waals surface area contributed by atoms with Crippen molar-refractivity contribution in [3.8, 4) is 0 Å². The van der Waals surface area contributed by atoms with Crippen LogP contribution < -0.4 is 0 Å². The summed E-state index contributed by atoms with van der Waals surface area (Å²) in [6.07, 6.45) is 4.76. The number of hydrogen-bond acceptors (Lipinski definition) is 3. The molecule has 1 aliphatic heterocycles. The number of benzene rings is 2. The van der Waals surface area contributed by atoms with Crippen LogP contribution in [-0.4, -0.2) is 54.2 Å². The molecule has 146 valence electrons. The van der Waals surface area contributed by atoms with E-state index in [0.29, 0.717) is 23.7 Å². The minimum Gasteiger partial charge on any atom is -0.340 e. The van der Waals surface area contributed by atoms with Crippen LogP contribution in [0.2, 0.25) is 5.02 Å². The molecule has 4 nitrogen and oxygen atoms in total. The zero-order valence-corrected chi connectivity index (χ0v) is 16.6. The number of ketones is 1. The van der Waals surface area contributed by atoms with Gasteiger partial charge in [-0.3, -0.25) is 14.5 Å². The van der Waals surface area contributed by atoms with E-state index in [1.54, 1.807) is 24.3 Å². The number of rotatable bonds is 7. The molecule has 1 saturated heterocycles. The Morgan fingerprint density at radius 3 is 2.39 bits per heavy atom. The minimum atomic E-state index is -0.0412. The Balaban J connectivity index is 1.39. The lowest BCUT2D eigenvalue weighted by atomic mass is 10.1. The minimum absolute atomic E-state index is 0.0412. The number of nitrogens with zero attached hydrogens (tertiary/aromatic N) is 2. The summed E-state index contributed by atoms with van der Waals surface area (Å²) in [5, 5.41) is 0.537. The van der Waals surface area contributed by atoms with Crippen LogP contribution in [0.4, 0.5) is 0 Å². The van der Waals surface area contributed by atoms with Crippen LogP contribution in [0.5, 0.6) is 0 Å². The number of carbonyl (C=O) groups is 2. The zero-order chi connectivity index (χ0) is 19.8. The van der Waals surface area contributed by atoms with Gasteiger partial charge in [0.05, 0.1) is 0 Å². The molecule has 0 unspecified atom stereocenters. The molecule has 1 aliphatic rings. The maximum absolute atomic E-state index is 12.4. The average molecular weight is 397 g/mol. The quantitative estimate of drug-likeness (QED) is 0.660. The van der Waals surface area contributed by atoms with Gasteiger partial charge in [-0.25, -0.2) is 0 Å².